The maximum atomic E-state index is 11.7. The van der Waals surface area contributed by atoms with Crippen molar-refractivity contribution in [2.75, 3.05) is 16.8 Å². The van der Waals surface area contributed by atoms with Crippen LogP contribution in [0.1, 0.15) is 11.4 Å². The van der Waals surface area contributed by atoms with Crippen LogP contribution in [0.25, 0.3) is 0 Å². The molecule has 0 aliphatic carbocycles. The first-order chi connectivity index (χ1) is 8.56. The second-order valence-corrected chi connectivity index (χ2v) is 4.59. The molecule has 0 bridgehead atoms. The largest absolute Gasteiger partial charge is 0.368 e. The number of nitrogens with two attached hydrogens (primary N) is 1. The van der Waals surface area contributed by atoms with Gasteiger partial charge in [0.2, 0.25) is 17.0 Å². The number of carbonyl (C=O) groups excluding carboxylic acids is 1. The molecule has 0 atom stereocenters. The van der Waals surface area contributed by atoms with E-state index in [1.54, 1.807) is 0 Å². The van der Waals surface area contributed by atoms with Gasteiger partial charge in [-0.3, -0.25) is 9.89 Å². The summed E-state index contributed by atoms with van der Waals surface area (Å²) in [5, 5.41) is 16.4. The molecule has 2 aromatic rings. The van der Waals surface area contributed by atoms with Gasteiger partial charge in [-0.2, -0.15) is 10.1 Å². The lowest BCUT2D eigenvalue weighted by atomic mass is 10.3. The number of carbonyl (C=O) groups is 1. The van der Waals surface area contributed by atoms with Crippen LogP contribution in [0.5, 0.6) is 0 Å². The lowest BCUT2D eigenvalue weighted by Crippen LogP contribution is -2.15. The molecular weight excluding hydrogens is 254 g/mol. The summed E-state index contributed by atoms with van der Waals surface area (Å²) in [6, 6.07) is 0. The fourth-order valence-electron chi connectivity index (χ4n) is 1.36. The molecule has 0 saturated carbocycles. The smallest absolute Gasteiger partial charge is 0.234 e. The molecule has 0 aliphatic heterocycles. The molecule has 0 spiro atoms. The number of hydrogen-bond acceptors (Lipinski definition) is 6. The van der Waals surface area contributed by atoms with Crippen molar-refractivity contribution in [2.45, 2.75) is 19.0 Å². The van der Waals surface area contributed by atoms with Crippen LogP contribution < -0.4 is 11.1 Å². The average Bonchev–Trinajstić information content (AvgIpc) is 2.87. The van der Waals surface area contributed by atoms with E-state index in [1.807, 2.05) is 13.8 Å². The van der Waals surface area contributed by atoms with Crippen LogP contribution in [0.4, 0.5) is 11.6 Å². The van der Waals surface area contributed by atoms with Gasteiger partial charge in [0, 0.05) is 0 Å². The summed E-state index contributed by atoms with van der Waals surface area (Å²) < 4.78 is 0. The van der Waals surface area contributed by atoms with E-state index in [1.165, 1.54) is 11.8 Å². The fraction of sp³-hybridized carbons (Fsp3) is 0.333. The van der Waals surface area contributed by atoms with Crippen molar-refractivity contribution in [3.8, 4) is 0 Å². The number of hydrogen-bond donors (Lipinski definition) is 4. The molecule has 8 nitrogen and oxygen atoms in total. The average molecular weight is 267 g/mol. The third-order valence-electron chi connectivity index (χ3n) is 2.21. The van der Waals surface area contributed by atoms with Gasteiger partial charge >= 0.3 is 0 Å². The van der Waals surface area contributed by atoms with E-state index in [-0.39, 0.29) is 17.6 Å². The minimum atomic E-state index is -0.143. The summed E-state index contributed by atoms with van der Waals surface area (Å²) >= 11 is 1.21. The molecule has 18 heavy (non-hydrogen) atoms. The number of nitrogens with one attached hydrogen (secondary N) is 3. The highest BCUT2D eigenvalue weighted by atomic mass is 32.2. The number of nitrogens with zero attached hydrogens (tertiary/aromatic N) is 3. The van der Waals surface area contributed by atoms with Crippen molar-refractivity contribution >= 4 is 29.3 Å². The number of amides is 1. The summed E-state index contributed by atoms with van der Waals surface area (Å²) in [5.74, 6) is 0.303. The molecule has 0 aliphatic rings. The van der Waals surface area contributed by atoms with Crippen LogP contribution in [0, 0.1) is 13.8 Å². The minimum absolute atomic E-state index is 0.143. The number of anilines is 2. The van der Waals surface area contributed by atoms with Crippen molar-refractivity contribution in [3.05, 3.63) is 11.4 Å². The Labute approximate surface area is 107 Å². The highest BCUT2D eigenvalue weighted by molar-refractivity contribution is 7.99. The zero-order valence-corrected chi connectivity index (χ0v) is 10.8. The van der Waals surface area contributed by atoms with Gasteiger partial charge in [0.05, 0.1) is 22.8 Å². The van der Waals surface area contributed by atoms with Crippen molar-refractivity contribution in [1.29, 1.82) is 0 Å². The molecule has 1 amide bonds. The predicted octanol–water partition coefficient (Wildman–Crippen LogP) is 0.458. The summed E-state index contributed by atoms with van der Waals surface area (Å²) in [6.07, 6.45) is 0. The van der Waals surface area contributed by atoms with Gasteiger partial charge in [0.25, 0.3) is 0 Å². The number of aromatic amines is 2. The van der Waals surface area contributed by atoms with Gasteiger partial charge in [-0.05, 0) is 13.8 Å². The Morgan fingerprint density at radius 3 is 2.72 bits per heavy atom. The standard InChI is InChI=1S/C9H13N7OS/c1-4-7(5(2)14-13-4)11-6(17)3-18-9-12-8(10)15-16-9/h3H2,1-2H3,(H,11,17)(H,13,14)(H3,10,12,15,16). The second kappa shape index (κ2) is 5.08. The first-order valence-electron chi connectivity index (χ1n) is 5.18. The lowest BCUT2D eigenvalue weighted by molar-refractivity contribution is -0.113. The normalized spacial score (nSPS) is 10.6. The van der Waals surface area contributed by atoms with Gasteiger partial charge in [-0.1, -0.05) is 11.8 Å². The van der Waals surface area contributed by atoms with E-state index in [9.17, 15) is 4.79 Å². The van der Waals surface area contributed by atoms with E-state index < -0.39 is 0 Å². The predicted molar refractivity (Wildman–Crippen MR) is 68.2 cm³/mol. The molecular formula is C9H13N7OS. The summed E-state index contributed by atoms with van der Waals surface area (Å²) in [6.45, 7) is 3.67. The fourth-order valence-corrected chi connectivity index (χ4v) is 1.97. The summed E-state index contributed by atoms with van der Waals surface area (Å²) in [5.41, 5.74) is 7.68. The van der Waals surface area contributed by atoms with Gasteiger partial charge in [0.15, 0.2) is 0 Å². The van der Waals surface area contributed by atoms with Gasteiger partial charge < -0.3 is 11.1 Å². The Bertz CT molecular complexity index is 542. The van der Waals surface area contributed by atoms with Crippen molar-refractivity contribution in [1.82, 2.24) is 25.4 Å². The molecule has 9 heteroatoms. The molecule has 96 valence electrons. The molecule has 2 aromatic heterocycles. The Kier molecular flexibility index (Phi) is 3.51. The number of aromatic nitrogens is 5. The zero-order chi connectivity index (χ0) is 13.1. The van der Waals surface area contributed by atoms with Gasteiger partial charge in [0.1, 0.15) is 0 Å². The van der Waals surface area contributed by atoms with Crippen LogP contribution in [0.2, 0.25) is 0 Å². The highest BCUT2D eigenvalue weighted by Gasteiger charge is 2.11. The molecule has 0 aromatic carbocycles. The first-order valence-corrected chi connectivity index (χ1v) is 6.17. The Balaban J connectivity index is 1.89. The van der Waals surface area contributed by atoms with Crippen LogP contribution in [0.15, 0.2) is 5.16 Å². The second-order valence-electron chi connectivity index (χ2n) is 3.65. The Hall–Kier alpha value is -2.03. The van der Waals surface area contributed by atoms with E-state index >= 15 is 0 Å². The maximum absolute atomic E-state index is 11.7. The quantitative estimate of drug-likeness (QED) is 0.596. The summed E-state index contributed by atoms with van der Waals surface area (Å²) in [7, 11) is 0. The Morgan fingerprint density at radius 1 is 1.39 bits per heavy atom. The van der Waals surface area contributed by atoms with Crippen molar-refractivity contribution in [2.24, 2.45) is 0 Å². The number of aryl methyl sites for hydroxylation is 2. The van der Waals surface area contributed by atoms with Gasteiger partial charge in [-0.25, -0.2) is 5.10 Å². The zero-order valence-electron chi connectivity index (χ0n) is 9.94. The Morgan fingerprint density at radius 2 is 2.17 bits per heavy atom. The SMILES string of the molecule is Cc1n[nH]c(C)c1NC(=O)CSc1n[nH]c(N)n1. The van der Waals surface area contributed by atoms with Crippen LogP contribution in [-0.4, -0.2) is 37.0 Å². The molecule has 0 saturated heterocycles. The monoisotopic (exact) mass is 267 g/mol. The maximum Gasteiger partial charge on any atom is 0.234 e. The van der Waals surface area contributed by atoms with Gasteiger partial charge in [-0.15, -0.1) is 5.10 Å². The molecule has 2 heterocycles. The van der Waals surface area contributed by atoms with E-state index in [4.69, 9.17) is 5.73 Å². The lowest BCUT2D eigenvalue weighted by Gasteiger charge is -2.03. The van der Waals surface area contributed by atoms with E-state index in [0.717, 1.165) is 17.1 Å². The van der Waals surface area contributed by atoms with E-state index in [0.29, 0.717) is 5.16 Å². The third-order valence-corrected chi connectivity index (χ3v) is 3.05. The van der Waals surface area contributed by atoms with Crippen molar-refractivity contribution in [3.63, 3.8) is 0 Å². The van der Waals surface area contributed by atoms with Crippen molar-refractivity contribution < 1.29 is 4.79 Å². The van der Waals surface area contributed by atoms with Crippen LogP contribution >= 0.6 is 11.8 Å². The first kappa shape index (κ1) is 12.4. The molecule has 0 radical (unpaired) electrons. The summed E-state index contributed by atoms with van der Waals surface area (Å²) in [4.78, 5) is 15.6. The number of rotatable bonds is 4. The number of thioether (sulfide) groups is 1. The van der Waals surface area contributed by atoms with Crippen LogP contribution in [-0.2, 0) is 4.79 Å². The molecule has 5 N–H and O–H groups in total. The number of nitrogen functional groups attached to an aromatic ring is 1. The molecule has 0 fully saturated rings. The minimum Gasteiger partial charge on any atom is -0.368 e. The topological polar surface area (TPSA) is 125 Å². The third kappa shape index (κ3) is 2.80. The highest BCUT2D eigenvalue weighted by Crippen LogP contribution is 2.18. The number of H-pyrrole nitrogens is 2. The van der Waals surface area contributed by atoms with E-state index in [2.05, 4.69) is 30.7 Å². The molecule has 2 rings (SSSR count). The van der Waals surface area contributed by atoms with Crippen LogP contribution in [0.3, 0.4) is 0 Å². The molecule has 0 unspecified atom stereocenters.